The van der Waals surface area contributed by atoms with Crippen molar-refractivity contribution in [2.45, 2.75) is 11.3 Å². The van der Waals surface area contributed by atoms with Crippen molar-refractivity contribution in [2.24, 2.45) is 0 Å². The monoisotopic (exact) mass is 593 g/mol. The Labute approximate surface area is 233 Å². The highest BCUT2D eigenvalue weighted by Crippen LogP contribution is 2.32. The molecule has 41 heavy (non-hydrogen) atoms. The van der Waals surface area contributed by atoms with E-state index in [2.05, 4.69) is 30.3 Å². The quantitative estimate of drug-likeness (QED) is 0.174. The fourth-order valence-corrected chi connectivity index (χ4v) is 4.86. The second-order valence-corrected chi connectivity index (χ2v) is 10.3. The number of carbonyl (C=O) groups is 1. The molecule has 0 saturated carbocycles. The maximum atomic E-state index is 12.9. The summed E-state index contributed by atoms with van der Waals surface area (Å²) in [5.74, 6) is -0.472. The first-order chi connectivity index (χ1) is 19.5. The molecule has 1 aromatic heterocycles. The normalized spacial score (nSPS) is 11.9. The van der Waals surface area contributed by atoms with E-state index in [-0.39, 0.29) is 23.7 Å². The van der Waals surface area contributed by atoms with E-state index in [1.54, 1.807) is 37.6 Å². The number of carbonyl (C=O) groups excluding carboxylic acids is 1. The lowest BCUT2D eigenvalue weighted by Gasteiger charge is -2.12. The van der Waals surface area contributed by atoms with Gasteiger partial charge in [0.15, 0.2) is 0 Å². The number of hydrogen-bond donors (Lipinski definition) is 4. The number of halogens is 3. The molecule has 0 atom stereocenters. The first kappa shape index (κ1) is 29.8. The molecule has 0 aliphatic rings. The fourth-order valence-electron chi connectivity index (χ4n) is 3.79. The Kier molecular flexibility index (Phi) is 9.44. The van der Waals surface area contributed by atoms with Crippen LogP contribution in [-0.2, 0) is 19.5 Å². The van der Waals surface area contributed by atoms with E-state index in [0.29, 0.717) is 40.9 Å². The lowest BCUT2D eigenvalue weighted by atomic mass is 10.0. The summed E-state index contributed by atoms with van der Waals surface area (Å²) in [4.78, 5) is 12.4. The van der Waals surface area contributed by atoms with Crippen LogP contribution in [0.3, 0.4) is 0 Å². The predicted octanol–water partition coefficient (Wildman–Crippen LogP) is 4.71. The third-order valence-corrected chi connectivity index (χ3v) is 7.03. The molecule has 3 aromatic carbocycles. The smallest absolute Gasteiger partial charge is 0.406 e. The van der Waals surface area contributed by atoms with Crippen LogP contribution in [0.25, 0.3) is 22.0 Å². The molecule has 4 N–H and O–H groups in total. The fraction of sp³-hybridized carbons (Fsp3) is 0.231. The summed E-state index contributed by atoms with van der Waals surface area (Å²) in [6, 6.07) is 13.7. The van der Waals surface area contributed by atoms with E-state index in [1.165, 1.54) is 24.3 Å². The second kappa shape index (κ2) is 13.0. The van der Waals surface area contributed by atoms with Crippen molar-refractivity contribution in [3.05, 3.63) is 66.9 Å². The highest BCUT2D eigenvalue weighted by atomic mass is 32.2. The topological polar surface area (TPSA) is 144 Å². The number of alkyl halides is 3. The van der Waals surface area contributed by atoms with Crippen molar-refractivity contribution in [3.8, 4) is 16.9 Å². The van der Waals surface area contributed by atoms with E-state index in [4.69, 9.17) is 9.47 Å². The molecule has 1 heterocycles. The van der Waals surface area contributed by atoms with E-state index in [0.717, 1.165) is 12.1 Å². The number of amides is 2. The summed E-state index contributed by atoms with van der Waals surface area (Å²) in [7, 11) is -2.32. The molecule has 0 spiro atoms. The largest absolute Gasteiger partial charge is 0.573 e. The maximum absolute atomic E-state index is 12.9. The number of methoxy groups -OCH3 is 1. The van der Waals surface area contributed by atoms with Gasteiger partial charge in [-0.3, -0.25) is 5.10 Å². The number of rotatable bonds is 12. The van der Waals surface area contributed by atoms with E-state index in [1.807, 2.05) is 0 Å². The van der Waals surface area contributed by atoms with Gasteiger partial charge < -0.3 is 24.8 Å². The van der Waals surface area contributed by atoms with Gasteiger partial charge in [0.1, 0.15) is 5.75 Å². The Bertz CT molecular complexity index is 1590. The average Bonchev–Trinajstić information content (AvgIpc) is 3.39. The summed E-state index contributed by atoms with van der Waals surface area (Å²) < 4.78 is 79.8. The van der Waals surface area contributed by atoms with Crippen molar-refractivity contribution in [3.63, 3.8) is 0 Å². The third-order valence-electron chi connectivity index (χ3n) is 5.59. The number of anilines is 2. The van der Waals surface area contributed by atoms with Crippen LogP contribution in [0, 0.1) is 0 Å². The molecule has 11 nitrogen and oxygen atoms in total. The van der Waals surface area contributed by atoms with E-state index >= 15 is 0 Å². The van der Waals surface area contributed by atoms with Crippen LogP contribution in [0.5, 0.6) is 5.75 Å². The number of aromatic amines is 1. The van der Waals surface area contributed by atoms with Crippen molar-refractivity contribution < 1.29 is 40.6 Å². The van der Waals surface area contributed by atoms with Gasteiger partial charge in [0.2, 0.25) is 10.0 Å². The van der Waals surface area contributed by atoms with Gasteiger partial charge in [0.25, 0.3) is 0 Å². The van der Waals surface area contributed by atoms with Crippen LogP contribution in [0.15, 0.2) is 71.8 Å². The molecule has 0 fully saturated rings. The minimum atomic E-state index is -4.86. The first-order valence-corrected chi connectivity index (χ1v) is 13.6. The number of H-pyrrole nitrogens is 1. The molecule has 4 aromatic rings. The summed E-state index contributed by atoms with van der Waals surface area (Å²) in [6.45, 7) is 1.00. The Morgan fingerprint density at radius 1 is 0.976 bits per heavy atom. The number of nitrogens with one attached hydrogen (secondary N) is 4. The zero-order valence-corrected chi connectivity index (χ0v) is 22.4. The predicted molar refractivity (Wildman–Crippen MR) is 145 cm³/mol. The third kappa shape index (κ3) is 8.40. The van der Waals surface area contributed by atoms with Gasteiger partial charge in [-0.25, -0.2) is 17.9 Å². The van der Waals surface area contributed by atoms with Crippen molar-refractivity contribution in [2.75, 3.05) is 44.1 Å². The minimum Gasteiger partial charge on any atom is -0.406 e. The van der Waals surface area contributed by atoms with Gasteiger partial charge in [0.05, 0.1) is 36.4 Å². The molecule has 2 amide bonds. The number of benzene rings is 3. The molecular formula is C26H26F3N5O6S. The highest BCUT2D eigenvalue weighted by Gasteiger charge is 2.31. The molecule has 0 radical (unpaired) electrons. The number of urea groups is 1. The van der Waals surface area contributed by atoms with Gasteiger partial charge in [-0.05, 0) is 47.5 Å². The Morgan fingerprint density at radius 2 is 1.73 bits per heavy atom. The van der Waals surface area contributed by atoms with Crippen LogP contribution in [0.1, 0.15) is 0 Å². The second-order valence-electron chi connectivity index (χ2n) is 8.54. The molecule has 0 unspecified atom stereocenters. The van der Waals surface area contributed by atoms with Crippen molar-refractivity contribution >= 4 is 38.3 Å². The standard InChI is InChI=1S/C26H26F3N5O6S/c1-38-11-12-39-10-9-31-41(36,37)21-14-22(23-16-30-34-24(23)15-21)17-5-7-18(8-6-17)32-25(35)33-19-3-2-4-20(13-19)40-26(27,28)29/h2-8,13-16,31H,9-12H2,1H3,(H,30,34)(H2,32,33,35). The van der Waals surface area contributed by atoms with Crippen LogP contribution in [0.4, 0.5) is 29.3 Å². The average molecular weight is 594 g/mol. The maximum Gasteiger partial charge on any atom is 0.573 e. The Morgan fingerprint density at radius 3 is 2.46 bits per heavy atom. The Hall–Kier alpha value is -4.18. The Balaban J connectivity index is 1.45. The van der Waals surface area contributed by atoms with Crippen molar-refractivity contribution in [1.29, 1.82) is 0 Å². The molecule has 0 aliphatic heterocycles. The zero-order valence-electron chi connectivity index (χ0n) is 21.6. The lowest BCUT2D eigenvalue weighted by Crippen LogP contribution is -2.27. The van der Waals surface area contributed by atoms with Crippen LogP contribution < -0.4 is 20.1 Å². The van der Waals surface area contributed by atoms with E-state index in [9.17, 15) is 26.4 Å². The molecule has 4 rings (SSSR count). The minimum absolute atomic E-state index is 0.0273. The van der Waals surface area contributed by atoms with Gasteiger partial charge in [0, 0.05) is 36.5 Å². The highest BCUT2D eigenvalue weighted by molar-refractivity contribution is 7.89. The molecule has 218 valence electrons. The van der Waals surface area contributed by atoms with Gasteiger partial charge in [-0.1, -0.05) is 18.2 Å². The SMILES string of the molecule is COCCOCCNS(=O)(=O)c1cc(-c2ccc(NC(=O)Nc3cccc(OC(F)(F)F)c3)cc2)c2cn[nH]c2c1. The first-order valence-electron chi connectivity index (χ1n) is 12.1. The number of nitrogens with zero attached hydrogens (tertiary/aromatic N) is 1. The summed E-state index contributed by atoms with van der Waals surface area (Å²) >= 11 is 0. The van der Waals surface area contributed by atoms with Crippen LogP contribution >= 0.6 is 0 Å². The molecule has 15 heteroatoms. The van der Waals surface area contributed by atoms with Gasteiger partial charge in [-0.2, -0.15) is 5.10 Å². The lowest BCUT2D eigenvalue weighted by molar-refractivity contribution is -0.274. The number of hydrogen-bond acceptors (Lipinski definition) is 7. The molecule has 0 aliphatic carbocycles. The van der Waals surface area contributed by atoms with Crippen LogP contribution in [0.2, 0.25) is 0 Å². The van der Waals surface area contributed by atoms with E-state index < -0.39 is 28.2 Å². The number of sulfonamides is 1. The zero-order chi connectivity index (χ0) is 29.5. The van der Waals surface area contributed by atoms with Crippen molar-refractivity contribution in [1.82, 2.24) is 14.9 Å². The molecular weight excluding hydrogens is 567 g/mol. The van der Waals surface area contributed by atoms with Gasteiger partial charge in [-0.15, -0.1) is 13.2 Å². The number of ether oxygens (including phenoxy) is 3. The van der Waals surface area contributed by atoms with Crippen LogP contribution in [-0.4, -0.2) is 64.5 Å². The summed E-state index contributed by atoms with van der Waals surface area (Å²) in [5, 5.41) is 12.5. The summed E-state index contributed by atoms with van der Waals surface area (Å²) in [6.07, 6.45) is -3.28. The number of aromatic nitrogens is 2. The molecule has 0 saturated heterocycles. The summed E-state index contributed by atoms with van der Waals surface area (Å²) in [5.41, 5.74) is 2.23. The number of fused-ring (bicyclic) bond motifs is 1. The molecule has 0 bridgehead atoms. The van der Waals surface area contributed by atoms with Gasteiger partial charge >= 0.3 is 12.4 Å².